The number of ether oxygens (including phenoxy) is 1. The summed E-state index contributed by atoms with van der Waals surface area (Å²) < 4.78 is 4.91. The second-order valence-corrected chi connectivity index (χ2v) is 4.93. The Balaban J connectivity index is 2.48. The molecule has 3 heteroatoms. The Hall–Kier alpha value is -0.860. The fraction of sp³-hybridized carbons (Fsp3) is 0.833. The van der Waals surface area contributed by atoms with Gasteiger partial charge in [0.1, 0.15) is 5.78 Å². The van der Waals surface area contributed by atoms with Crippen LogP contribution in [0.4, 0.5) is 0 Å². The summed E-state index contributed by atoms with van der Waals surface area (Å²) in [6.45, 7) is 8.00. The molecule has 0 aromatic rings. The fourth-order valence-electron chi connectivity index (χ4n) is 2.47. The molecule has 0 saturated heterocycles. The second kappa shape index (κ2) is 4.33. The van der Waals surface area contributed by atoms with E-state index in [2.05, 4.69) is 13.8 Å². The summed E-state index contributed by atoms with van der Waals surface area (Å²) in [5, 5.41) is 0. The molecular formula is C12H20O3. The first kappa shape index (κ1) is 12.2. The van der Waals surface area contributed by atoms with Crippen molar-refractivity contribution in [2.45, 2.75) is 40.5 Å². The van der Waals surface area contributed by atoms with Crippen molar-refractivity contribution in [1.82, 2.24) is 0 Å². The lowest BCUT2D eigenvalue weighted by Crippen LogP contribution is -2.49. The maximum atomic E-state index is 11.3. The third kappa shape index (κ3) is 2.39. The average Bonchev–Trinajstić information content (AvgIpc) is 2.11. The van der Waals surface area contributed by atoms with E-state index in [0.717, 1.165) is 6.42 Å². The molecule has 0 radical (unpaired) electrons. The van der Waals surface area contributed by atoms with Gasteiger partial charge in [-0.3, -0.25) is 9.59 Å². The summed E-state index contributed by atoms with van der Waals surface area (Å²) in [6.07, 6.45) is 1.28. The molecule has 0 bridgehead atoms. The molecule has 1 rings (SSSR count). The van der Waals surface area contributed by atoms with E-state index in [4.69, 9.17) is 4.74 Å². The predicted molar refractivity (Wildman–Crippen MR) is 57.3 cm³/mol. The number of Topliss-reactive ketones (excluding diaryl/α,β-unsaturated/α-hetero) is 1. The van der Waals surface area contributed by atoms with Crippen molar-refractivity contribution < 1.29 is 14.3 Å². The number of hydrogen-bond acceptors (Lipinski definition) is 3. The highest BCUT2D eigenvalue weighted by Gasteiger charge is 2.50. The minimum Gasteiger partial charge on any atom is -0.466 e. The first-order chi connectivity index (χ1) is 6.89. The summed E-state index contributed by atoms with van der Waals surface area (Å²) in [4.78, 5) is 22.6. The van der Waals surface area contributed by atoms with Gasteiger partial charge in [0.05, 0.1) is 6.61 Å². The third-order valence-corrected chi connectivity index (χ3v) is 3.68. The van der Waals surface area contributed by atoms with Crippen LogP contribution in [0.15, 0.2) is 0 Å². The molecule has 15 heavy (non-hydrogen) atoms. The summed E-state index contributed by atoms with van der Waals surface area (Å²) >= 11 is 0. The largest absolute Gasteiger partial charge is 0.466 e. The van der Waals surface area contributed by atoms with Gasteiger partial charge >= 0.3 is 5.97 Å². The molecule has 2 unspecified atom stereocenters. The highest BCUT2D eigenvalue weighted by molar-refractivity contribution is 5.81. The Labute approximate surface area is 91.2 Å². The van der Waals surface area contributed by atoms with Crippen LogP contribution in [-0.2, 0) is 14.3 Å². The van der Waals surface area contributed by atoms with E-state index in [9.17, 15) is 9.59 Å². The molecule has 0 aromatic carbocycles. The normalized spacial score (nSPS) is 28.0. The lowest BCUT2D eigenvalue weighted by atomic mass is 9.53. The fourth-order valence-corrected chi connectivity index (χ4v) is 2.47. The lowest BCUT2D eigenvalue weighted by Gasteiger charge is -2.50. The molecule has 1 aliphatic carbocycles. The molecule has 0 spiro atoms. The molecule has 2 atom stereocenters. The summed E-state index contributed by atoms with van der Waals surface area (Å²) in [5.41, 5.74) is -0.0431. The van der Waals surface area contributed by atoms with Crippen LogP contribution in [0, 0.1) is 17.3 Å². The predicted octanol–water partition coefficient (Wildman–Crippen LogP) is 2.19. The average molecular weight is 212 g/mol. The van der Waals surface area contributed by atoms with Gasteiger partial charge in [-0.1, -0.05) is 13.8 Å². The third-order valence-electron chi connectivity index (χ3n) is 3.68. The maximum absolute atomic E-state index is 11.3. The zero-order valence-corrected chi connectivity index (χ0v) is 10.0. The minimum absolute atomic E-state index is 0.0431. The second-order valence-electron chi connectivity index (χ2n) is 4.93. The molecule has 0 heterocycles. The zero-order valence-electron chi connectivity index (χ0n) is 10.0. The molecular weight excluding hydrogens is 192 g/mol. The van der Waals surface area contributed by atoms with Crippen molar-refractivity contribution in [3.63, 3.8) is 0 Å². The Morgan fingerprint density at radius 2 is 2.00 bits per heavy atom. The van der Waals surface area contributed by atoms with Gasteiger partial charge in [-0.2, -0.15) is 0 Å². The van der Waals surface area contributed by atoms with Gasteiger partial charge < -0.3 is 4.74 Å². The molecule has 0 amide bonds. The summed E-state index contributed by atoms with van der Waals surface area (Å²) in [5.74, 6) is 0.514. The van der Waals surface area contributed by atoms with Crippen molar-refractivity contribution in [3.05, 3.63) is 0 Å². The monoisotopic (exact) mass is 212 g/mol. The van der Waals surface area contributed by atoms with Crippen LogP contribution >= 0.6 is 0 Å². The maximum Gasteiger partial charge on any atom is 0.306 e. The molecule has 1 fully saturated rings. The van der Waals surface area contributed by atoms with Crippen molar-refractivity contribution in [3.8, 4) is 0 Å². The van der Waals surface area contributed by atoms with Crippen molar-refractivity contribution >= 4 is 11.8 Å². The molecule has 1 saturated carbocycles. The van der Waals surface area contributed by atoms with Gasteiger partial charge in [0.25, 0.3) is 0 Å². The molecule has 0 N–H and O–H groups in total. The van der Waals surface area contributed by atoms with E-state index in [1.807, 2.05) is 6.92 Å². The Morgan fingerprint density at radius 3 is 2.40 bits per heavy atom. The van der Waals surface area contributed by atoms with E-state index in [0.29, 0.717) is 18.9 Å². The summed E-state index contributed by atoms with van der Waals surface area (Å²) in [7, 11) is 0. The zero-order chi connectivity index (χ0) is 11.6. The van der Waals surface area contributed by atoms with Gasteiger partial charge in [0.2, 0.25) is 0 Å². The van der Waals surface area contributed by atoms with Crippen LogP contribution in [0.3, 0.4) is 0 Å². The first-order valence-corrected chi connectivity index (χ1v) is 5.55. The Kier molecular flexibility index (Phi) is 3.53. The van der Waals surface area contributed by atoms with Crippen LogP contribution in [0.5, 0.6) is 0 Å². The van der Waals surface area contributed by atoms with E-state index in [1.165, 1.54) is 0 Å². The van der Waals surface area contributed by atoms with E-state index >= 15 is 0 Å². The number of ketones is 1. The molecule has 86 valence electrons. The first-order valence-electron chi connectivity index (χ1n) is 5.55. The van der Waals surface area contributed by atoms with Gasteiger partial charge in [0, 0.05) is 12.3 Å². The lowest BCUT2D eigenvalue weighted by molar-refractivity contribution is -0.153. The number of rotatable bonds is 4. The number of esters is 1. The summed E-state index contributed by atoms with van der Waals surface area (Å²) in [6, 6.07) is 0. The topological polar surface area (TPSA) is 43.4 Å². The van der Waals surface area contributed by atoms with Crippen LogP contribution in [0.2, 0.25) is 0 Å². The smallest absolute Gasteiger partial charge is 0.306 e. The number of hydrogen-bond donors (Lipinski definition) is 0. The van der Waals surface area contributed by atoms with Gasteiger partial charge in [-0.05, 0) is 31.6 Å². The van der Waals surface area contributed by atoms with Crippen LogP contribution in [0.1, 0.15) is 40.5 Å². The Morgan fingerprint density at radius 1 is 1.40 bits per heavy atom. The molecule has 0 aliphatic heterocycles. The number of carbonyl (C=O) groups is 2. The number of carbonyl (C=O) groups excluding carboxylic acids is 2. The van der Waals surface area contributed by atoms with Crippen molar-refractivity contribution in [1.29, 1.82) is 0 Å². The standard InChI is InChI=1S/C12H20O3/c1-5-15-11(14)7-9-6-10(8(2)13)12(9,3)4/h9-10H,5-7H2,1-4H3. The highest BCUT2D eigenvalue weighted by atomic mass is 16.5. The molecule has 3 nitrogen and oxygen atoms in total. The van der Waals surface area contributed by atoms with E-state index in [-0.39, 0.29) is 23.1 Å². The van der Waals surface area contributed by atoms with E-state index < -0.39 is 0 Å². The quantitative estimate of drug-likeness (QED) is 0.671. The van der Waals surface area contributed by atoms with Gasteiger partial charge in [-0.15, -0.1) is 0 Å². The van der Waals surface area contributed by atoms with E-state index in [1.54, 1.807) is 6.92 Å². The highest BCUT2D eigenvalue weighted by Crippen LogP contribution is 2.53. The van der Waals surface area contributed by atoms with Crippen molar-refractivity contribution in [2.75, 3.05) is 6.61 Å². The van der Waals surface area contributed by atoms with Crippen LogP contribution in [0.25, 0.3) is 0 Å². The van der Waals surface area contributed by atoms with Crippen LogP contribution < -0.4 is 0 Å². The molecule has 0 aromatic heterocycles. The SMILES string of the molecule is CCOC(=O)CC1CC(C(C)=O)C1(C)C. The molecule has 1 aliphatic rings. The van der Waals surface area contributed by atoms with Gasteiger partial charge in [-0.25, -0.2) is 0 Å². The van der Waals surface area contributed by atoms with Crippen LogP contribution in [-0.4, -0.2) is 18.4 Å². The van der Waals surface area contributed by atoms with Gasteiger partial charge in [0.15, 0.2) is 0 Å². The Bertz CT molecular complexity index is 268. The minimum atomic E-state index is -0.141. The van der Waals surface area contributed by atoms with Crippen molar-refractivity contribution in [2.24, 2.45) is 17.3 Å².